The quantitative estimate of drug-likeness (QED) is 0.361. The summed E-state index contributed by atoms with van der Waals surface area (Å²) in [6.45, 7) is 2.55. The zero-order chi connectivity index (χ0) is 15.7. The van der Waals surface area contributed by atoms with Crippen molar-refractivity contribution in [2.75, 3.05) is 11.4 Å². The number of aliphatic carboxylic acids is 1. The summed E-state index contributed by atoms with van der Waals surface area (Å²) in [6.07, 6.45) is 6.09. The third-order valence-electron chi connectivity index (χ3n) is 2.58. The molecule has 6 heteroatoms. The van der Waals surface area contributed by atoms with Crippen LogP contribution < -0.4 is 10.6 Å². The lowest BCUT2D eigenvalue weighted by Gasteiger charge is -2.14. The standard InChI is InChI=1S/C15H18N4O2/c1-2-10-18-15(17)19(11-16)13-8-6-12(7-9-13)4-3-5-14(20)21/h3-4,6-9H,2,5,10H2,1H3,(H2,17,18)(H,20,21)/b4-3+. The number of nitrogens with two attached hydrogens (primary N) is 1. The lowest BCUT2D eigenvalue weighted by molar-refractivity contribution is -0.135. The minimum absolute atomic E-state index is 0.0251. The summed E-state index contributed by atoms with van der Waals surface area (Å²) in [4.78, 5) is 15.8. The van der Waals surface area contributed by atoms with Crippen LogP contribution in [0.15, 0.2) is 35.3 Å². The largest absolute Gasteiger partial charge is 0.481 e. The van der Waals surface area contributed by atoms with Crippen molar-refractivity contribution in [3.05, 3.63) is 35.9 Å². The summed E-state index contributed by atoms with van der Waals surface area (Å²) in [5, 5.41) is 17.7. The molecule has 0 aliphatic carbocycles. The van der Waals surface area contributed by atoms with Gasteiger partial charge in [0, 0.05) is 6.54 Å². The first-order chi connectivity index (χ1) is 10.1. The second kappa shape index (κ2) is 8.38. The number of benzene rings is 1. The lowest BCUT2D eigenvalue weighted by Crippen LogP contribution is -2.33. The van der Waals surface area contributed by atoms with Crippen LogP contribution in [0.5, 0.6) is 0 Å². The van der Waals surface area contributed by atoms with Gasteiger partial charge < -0.3 is 10.8 Å². The Morgan fingerprint density at radius 2 is 2.14 bits per heavy atom. The minimum atomic E-state index is -0.876. The van der Waals surface area contributed by atoms with E-state index in [4.69, 9.17) is 16.1 Å². The molecule has 0 aliphatic rings. The van der Waals surface area contributed by atoms with E-state index in [9.17, 15) is 4.79 Å². The summed E-state index contributed by atoms with van der Waals surface area (Å²) in [5.74, 6) is -0.716. The van der Waals surface area contributed by atoms with E-state index in [-0.39, 0.29) is 12.4 Å². The van der Waals surface area contributed by atoms with Crippen LogP contribution in [0.25, 0.3) is 6.08 Å². The second-order valence-electron chi connectivity index (χ2n) is 4.27. The van der Waals surface area contributed by atoms with Gasteiger partial charge >= 0.3 is 5.97 Å². The predicted molar refractivity (Wildman–Crippen MR) is 82.6 cm³/mol. The summed E-state index contributed by atoms with van der Waals surface area (Å²) in [6, 6.07) is 7.03. The highest BCUT2D eigenvalue weighted by molar-refractivity contribution is 5.97. The molecule has 0 amide bonds. The van der Waals surface area contributed by atoms with Crippen LogP contribution in [0.2, 0.25) is 0 Å². The number of carbonyl (C=O) groups is 1. The Labute approximate surface area is 123 Å². The molecular weight excluding hydrogens is 268 g/mol. The number of rotatable bonds is 6. The van der Waals surface area contributed by atoms with Gasteiger partial charge in [-0.25, -0.2) is 4.90 Å². The molecule has 0 atom stereocenters. The molecule has 0 bridgehead atoms. The zero-order valence-corrected chi connectivity index (χ0v) is 11.9. The van der Waals surface area contributed by atoms with Gasteiger partial charge in [0.1, 0.15) is 0 Å². The molecule has 1 rings (SSSR count). The van der Waals surface area contributed by atoms with Crippen molar-refractivity contribution in [1.29, 1.82) is 5.26 Å². The molecule has 0 saturated heterocycles. The van der Waals surface area contributed by atoms with Crippen molar-refractivity contribution < 1.29 is 9.90 Å². The van der Waals surface area contributed by atoms with E-state index in [0.29, 0.717) is 12.2 Å². The highest BCUT2D eigenvalue weighted by Crippen LogP contribution is 2.15. The Morgan fingerprint density at radius 3 is 2.67 bits per heavy atom. The van der Waals surface area contributed by atoms with E-state index in [1.165, 1.54) is 4.90 Å². The van der Waals surface area contributed by atoms with Crippen LogP contribution in [0.3, 0.4) is 0 Å². The van der Waals surface area contributed by atoms with E-state index in [0.717, 1.165) is 12.0 Å². The Kier molecular flexibility index (Phi) is 6.48. The maximum Gasteiger partial charge on any atom is 0.307 e. The summed E-state index contributed by atoms with van der Waals surface area (Å²) in [5.41, 5.74) is 7.24. The SMILES string of the molecule is CCCN=C(N)N(C#N)c1ccc(/C=C/CC(=O)O)cc1. The van der Waals surface area contributed by atoms with Gasteiger partial charge in [-0.05, 0) is 24.1 Å². The lowest BCUT2D eigenvalue weighted by atomic mass is 10.2. The van der Waals surface area contributed by atoms with Crippen LogP contribution in [0, 0.1) is 11.5 Å². The van der Waals surface area contributed by atoms with Crippen LogP contribution in [-0.2, 0) is 4.79 Å². The highest BCUT2D eigenvalue weighted by atomic mass is 16.4. The first kappa shape index (κ1) is 16.2. The molecule has 110 valence electrons. The number of nitrogens with zero attached hydrogens (tertiary/aromatic N) is 3. The van der Waals surface area contributed by atoms with Crippen LogP contribution in [0.1, 0.15) is 25.3 Å². The number of guanidine groups is 1. The van der Waals surface area contributed by atoms with Gasteiger partial charge in [-0.1, -0.05) is 31.2 Å². The van der Waals surface area contributed by atoms with E-state index < -0.39 is 5.97 Å². The third-order valence-corrected chi connectivity index (χ3v) is 2.58. The molecule has 0 radical (unpaired) electrons. The van der Waals surface area contributed by atoms with E-state index in [1.807, 2.05) is 13.1 Å². The summed E-state index contributed by atoms with van der Waals surface area (Å²) >= 11 is 0. The van der Waals surface area contributed by atoms with Crippen molar-refractivity contribution in [2.24, 2.45) is 10.7 Å². The van der Waals surface area contributed by atoms with Crippen LogP contribution in [0.4, 0.5) is 5.69 Å². The highest BCUT2D eigenvalue weighted by Gasteiger charge is 2.09. The summed E-state index contributed by atoms with van der Waals surface area (Å²) < 4.78 is 0. The first-order valence-corrected chi connectivity index (χ1v) is 6.56. The smallest absolute Gasteiger partial charge is 0.307 e. The summed E-state index contributed by atoms with van der Waals surface area (Å²) in [7, 11) is 0. The Morgan fingerprint density at radius 1 is 1.48 bits per heavy atom. The molecular formula is C15H18N4O2. The van der Waals surface area contributed by atoms with Crippen molar-refractivity contribution >= 4 is 23.7 Å². The molecule has 0 aliphatic heterocycles. The normalized spacial score (nSPS) is 11.3. The Balaban J connectivity index is 2.83. The van der Waals surface area contributed by atoms with Gasteiger partial charge in [-0.15, -0.1) is 0 Å². The van der Waals surface area contributed by atoms with Gasteiger partial charge in [0.25, 0.3) is 0 Å². The molecule has 0 aromatic heterocycles. The molecule has 0 unspecified atom stereocenters. The van der Waals surface area contributed by atoms with E-state index >= 15 is 0 Å². The topological polar surface area (TPSA) is 103 Å². The average molecular weight is 286 g/mol. The fourth-order valence-electron chi connectivity index (χ4n) is 1.57. The van der Waals surface area contributed by atoms with E-state index in [1.54, 1.807) is 36.4 Å². The number of carboxylic acids is 1. The zero-order valence-electron chi connectivity index (χ0n) is 11.9. The molecule has 1 aromatic carbocycles. The predicted octanol–water partition coefficient (Wildman–Crippen LogP) is 2.19. The molecule has 0 heterocycles. The fourth-order valence-corrected chi connectivity index (χ4v) is 1.57. The second-order valence-corrected chi connectivity index (χ2v) is 4.27. The number of hydrogen-bond acceptors (Lipinski definition) is 3. The third kappa shape index (κ3) is 5.37. The van der Waals surface area contributed by atoms with Gasteiger partial charge in [-0.2, -0.15) is 5.26 Å². The van der Waals surface area contributed by atoms with Crippen molar-refractivity contribution in [3.8, 4) is 6.19 Å². The van der Waals surface area contributed by atoms with Crippen LogP contribution in [-0.4, -0.2) is 23.6 Å². The molecule has 0 spiro atoms. The van der Waals surface area contributed by atoms with Gasteiger partial charge in [0.2, 0.25) is 5.96 Å². The Hall–Kier alpha value is -2.81. The average Bonchev–Trinajstić information content (AvgIpc) is 2.47. The minimum Gasteiger partial charge on any atom is -0.481 e. The van der Waals surface area contributed by atoms with Crippen molar-refractivity contribution in [3.63, 3.8) is 0 Å². The molecule has 21 heavy (non-hydrogen) atoms. The number of aliphatic imine (C=N–C) groups is 1. The monoisotopic (exact) mass is 286 g/mol. The maximum absolute atomic E-state index is 10.4. The van der Waals surface area contributed by atoms with E-state index in [2.05, 4.69) is 4.99 Å². The number of hydrogen-bond donors (Lipinski definition) is 2. The number of nitriles is 1. The molecule has 0 fully saturated rings. The van der Waals surface area contributed by atoms with Gasteiger partial charge in [0.15, 0.2) is 6.19 Å². The molecule has 1 aromatic rings. The Bertz CT molecular complexity index is 570. The number of anilines is 1. The number of carboxylic acid groups (broad SMARTS) is 1. The molecule has 6 nitrogen and oxygen atoms in total. The molecule has 3 N–H and O–H groups in total. The van der Waals surface area contributed by atoms with Gasteiger partial charge in [0.05, 0.1) is 12.1 Å². The van der Waals surface area contributed by atoms with Crippen molar-refractivity contribution in [1.82, 2.24) is 0 Å². The van der Waals surface area contributed by atoms with Crippen molar-refractivity contribution in [2.45, 2.75) is 19.8 Å². The van der Waals surface area contributed by atoms with Crippen LogP contribution >= 0.6 is 0 Å². The fraction of sp³-hybridized carbons (Fsp3) is 0.267. The maximum atomic E-state index is 10.4. The first-order valence-electron chi connectivity index (χ1n) is 6.56. The molecule has 0 saturated carbocycles. The van der Waals surface area contributed by atoms with Gasteiger partial charge in [-0.3, -0.25) is 9.79 Å².